The first-order valence-electron chi connectivity index (χ1n) is 9.00. The van der Waals surface area contributed by atoms with Gasteiger partial charge >= 0.3 is 5.97 Å². The van der Waals surface area contributed by atoms with Crippen molar-refractivity contribution in [3.8, 4) is 0 Å². The van der Waals surface area contributed by atoms with Crippen molar-refractivity contribution in [2.75, 3.05) is 11.9 Å². The monoisotopic (exact) mass is 358 g/mol. The number of ether oxygens (including phenoxy) is 1. The van der Waals surface area contributed by atoms with Crippen LogP contribution in [0.4, 0.5) is 20.2 Å². The predicted octanol–water partition coefficient (Wildman–Crippen LogP) is 5.03. The molecule has 1 aromatic heterocycles. The minimum absolute atomic E-state index is 0.300. The number of nitrogens with one attached hydrogen (secondary N) is 1. The molecule has 0 spiro atoms. The highest BCUT2D eigenvalue weighted by molar-refractivity contribution is 5.91. The Morgan fingerprint density at radius 1 is 1.15 bits per heavy atom. The first-order chi connectivity index (χ1) is 12.6. The van der Waals surface area contributed by atoms with Crippen molar-refractivity contribution in [1.82, 2.24) is 4.98 Å². The first-order valence-corrected chi connectivity index (χ1v) is 9.00. The Labute approximate surface area is 150 Å². The lowest BCUT2D eigenvalue weighted by atomic mass is 9.66. The van der Waals surface area contributed by atoms with E-state index in [1.165, 1.54) is 6.07 Å². The second kappa shape index (κ2) is 6.67. The second-order valence-electron chi connectivity index (χ2n) is 6.87. The number of fused-ring (bicyclic) bond motifs is 2. The number of rotatable bonds is 4. The minimum Gasteiger partial charge on any atom is -0.461 e. The van der Waals surface area contributed by atoms with Gasteiger partial charge in [0, 0.05) is 11.8 Å². The zero-order valence-corrected chi connectivity index (χ0v) is 14.5. The van der Waals surface area contributed by atoms with Gasteiger partial charge < -0.3 is 10.1 Å². The molecule has 6 heteroatoms. The van der Waals surface area contributed by atoms with Crippen LogP contribution < -0.4 is 5.32 Å². The molecule has 1 saturated carbocycles. The van der Waals surface area contributed by atoms with Crippen LogP contribution >= 0.6 is 0 Å². The topological polar surface area (TPSA) is 51.2 Å². The highest BCUT2D eigenvalue weighted by Crippen LogP contribution is 2.52. The summed E-state index contributed by atoms with van der Waals surface area (Å²) >= 11 is 0. The van der Waals surface area contributed by atoms with Gasteiger partial charge in [0.15, 0.2) is 17.3 Å². The van der Waals surface area contributed by atoms with Crippen LogP contribution in [0.1, 0.15) is 66.1 Å². The molecule has 0 unspecified atom stereocenters. The molecular formula is C20H20F2N2O2. The molecule has 1 aromatic carbocycles. The highest BCUT2D eigenvalue weighted by atomic mass is 19.2. The van der Waals surface area contributed by atoms with Gasteiger partial charge in [-0.2, -0.15) is 0 Å². The fourth-order valence-corrected chi connectivity index (χ4v) is 4.26. The Morgan fingerprint density at radius 2 is 1.85 bits per heavy atom. The Hall–Kier alpha value is -2.50. The summed E-state index contributed by atoms with van der Waals surface area (Å²) in [5.41, 5.74) is 3.66. The van der Waals surface area contributed by atoms with Gasteiger partial charge in [-0.3, -0.25) is 0 Å². The van der Waals surface area contributed by atoms with Crippen LogP contribution in [0.15, 0.2) is 24.4 Å². The van der Waals surface area contributed by atoms with Crippen LogP contribution in [0.5, 0.6) is 0 Å². The number of aromatic nitrogens is 1. The van der Waals surface area contributed by atoms with Gasteiger partial charge in [0.1, 0.15) is 0 Å². The van der Waals surface area contributed by atoms with E-state index in [1.54, 1.807) is 13.1 Å². The van der Waals surface area contributed by atoms with Gasteiger partial charge in [-0.15, -0.1) is 0 Å². The smallest absolute Gasteiger partial charge is 0.357 e. The van der Waals surface area contributed by atoms with E-state index in [-0.39, 0.29) is 0 Å². The zero-order chi connectivity index (χ0) is 18.3. The molecule has 0 aliphatic heterocycles. The lowest BCUT2D eigenvalue weighted by Gasteiger charge is -2.40. The molecule has 1 heterocycles. The molecule has 5 rings (SSSR count). The second-order valence-corrected chi connectivity index (χ2v) is 6.87. The Morgan fingerprint density at radius 3 is 2.50 bits per heavy atom. The summed E-state index contributed by atoms with van der Waals surface area (Å²) in [7, 11) is 0. The van der Waals surface area contributed by atoms with E-state index in [9.17, 15) is 13.6 Å². The zero-order valence-electron chi connectivity index (χ0n) is 14.5. The number of carbonyl (C=O) groups excluding carboxylic acids is 1. The molecular weight excluding hydrogens is 338 g/mol. The number of carbonyl (C=O) groups is 1. The summed E-state index contributed by atoms with van der Waals surface area (Å²) in [6.07, 6.45) is 5.82. The third-order valence-corrected chi connectivity index (χ3v) is 5.37. The van der Waals surface area contributed by atoms with Crippen LogP contribution in [0.25, 0.3) is 0 Å². The normalized spacial score (nSPS) is 20.6. The molecule has 0 radical (unpaired) electrons. The van der Waals surface area contributed by atoms with E-state index in [2.05, 4.69) is 10.3 Å². The Balaban J connectivity index is 1.78. The summed E-state index contributed by atoms with van der Waals surface area (Å²) in [5, 5.41) is 3.16. The van der Waals surface area contributed by atoms with Crippen molar-refractivity contribution < 1.29 is 18.3 Å². The van der Waals surface area contributed by atoms with Gasteiger partial charge in [-0.25, -0.2) is 18.6 Å². The molecule has 0 atom stereocenters. The molecule has 3 aliphatic carbocycles. The average molecular weight is 358 g/mol. The Kier molecular flexibility index (Phi) is 4.34. The van der Waals surface area contributed by atoms with Gasteiger partial charge in [0.2, 0.25) is 0 Å². The van der Waals surface area contributed by atoms with Crippen LogP contribution in [0.2, 0.25) is 0 Å². The third kappa shape index (κ3) is 2.83. The van der Waals surface area contributed by atoms with Gasteiger partial charge in [0.05, 0.1) is 18.5 Å². The standard InChI is InChI=1S/C20H20F2N2O2/c1-2-26-20(25)19-18-12-5-3-11(4-6-12)17(18)16(10-23-19)24-13-7-8-14(21)15(22)9-13/h7-12,24H,2-6H2,1H3. The van der Waals surface area contributed by atoms with Gasteiger partial charge in [0.25, 0.3) is 0 Å². The number of esters is 1. The lowest BCUT2D eigenvalue weighted by molar-refractivity contribution is 0.0516. The van der Waals surface area contributed by atoms with Crippen molar-refractivity contribution in [1.29, 1.82) is 0 Å². The molecule has 136 valence electrons. The number of pyridine rings is 1. The number of anilines is 2. The summed E-state index contributed by atoms with van der Waals surface area (Å²) < 4.78 is 31.9. The third-order valence-electron chi connectivity index (χ3n) is 5.37. The largest absolute Gasteiger partial charge is 0.461 e. The van der Waals surface area contributed by atoms with Gasteiger partial charge in [-0.1, -0.05) is 0 Å². The minimum atomic E-state index is -0.901. The molecule has 1 N–H and O–H groups in total. The molecule has 0 amide bonds. The van der Waals surface area contributed by atoms with Crippen molar-refractivity contribution in [3.63, 3.8) is 0 Å². The summed E-state index contributed by atoms with van der Waals surface area (Å²) in [5.74, 6) is -1.53. The fourth-order valence-electron chi connectivity index (χ4n) is 4.26. The maximum Gasteiger partial charge on any atom is 0.357 e. The highest BCUT2D eigenvalue weighted by Gasteiger charge is 2.38. The lowest BCUT2D eigenvalue weighted by Crippen LogP contribution is -2.27. The van der Waals surface area contributed by atoms with Crippen LogP contribution in [-0.2, 0) is 4.74 Å². The molecule has 2 aromatic rings. The first kappa shape index (κ1) is 16.9. The predicted molar refractivity (Wildman–Crippen MR) is 93.8 cm³/mol. The van der Waals surface area contributed by atoms with E-state index in [0.29, 0.717) is 29.8 Å². The van der Waals surface area contributed by atoms with Crippen molar-refractivity contribution in [2.24, 2.45) is 0 Å². The summed E-state index contributed by atoms with van der Waals surface area (Å²) in [4.78, 5) is 16.7. The number of hydrogen-bond donors (Lipinski definition) is 1. The van der Waals surface area contributed by atoms with E-state index in [4.69, 9.17) is 4.74 Å². The fraction of sp³-hybridized carbons (Fsp3) is 0.400. The molecule has 3 aliphatic rings. The van der Waals surface area contributed by atoms with E-state index in [1.807, 2.05) is 0 Å². The average Bonchev–Trinajstić information content (AvgIpc) is 2.66. The van der Waals surface area contributed by atoms with E-state index in [0.717, 1.165) is 54.6 Å². The van der Waals surface area contributed by atoms with Crippen LogP contribution in [0.3, 0.4) is 0 Å². The SMILES string of the molecule is CCOC(=O)c1ncc(Nc2ccc(F)c(F)c2)c2c1C1CCC2CC1. The maximum atomic E-state index is 13.5. The number of benzene rings is 1. The van der Waals surface area contributed by atoms with E-state index < -0.39 is 17.6 Å². The quantitative estimate of drug-likeness (QED) is 0.779. The summed E-state index contributed by atoms with van der Waals surface area (Å²) in [6, 6.07) is 3.71. The molecule has 4 nitrogen and oxygen atoms in total. The van der Waals surface area contributed by atoms with Crippen molar-refractivity contribution >= 4 is 17.3 Å². The number of nitrogens with zero attached hydrogens (tertiary/aromatic N) is 1. The molecule has 0 saturated heterocycles. The van der Waals surface area contributed by atoms with Crippen LogP contribution in [-0.4, -0.2) is 17.6 Å². The summed E-state index contributed by atoms with van der Waals surface area (Å²) in [6.45, 7) is 2.08. The van der Waals surface area contributed by atoms with E-state index >= 15 is 0 Å². The van der Waals surface area contributed by atoms with Gasteiger partial charge in [-0.05, 0) is 67.7 Å². The number of halogens is 2. The molecule has 2 bridgehead atoms. The van der Waals surface area contributed by atoms with Crippen molar-refractivity contribution in [3.05, 3.63) is 52.9 Å². The van der Waals surface area contributed by atoms with Crippen LogP contribution in [0, 0.1) is 11.6 Å². The molecule has 1 fully saturated rings. The number of hydrogen-bond acceptors (Lipinski definition) is 4. The Bertz CT molecular complexity index is 861. The van der Waals surface area contributed by atoms with Crippen molar-refractivity contribution in [2.45, 2.75) is 44.4 Å². The maximum absolute atomic E-state index is 13.5. The molecule has 26 heavy (non-hydrogen) atoms.